The predicted octanol–water partition coefficient (Wildman–Crippen LogP) is 28.4. The van der Waals surface area contributed by atoms with Gasteiger partial charge in [-0.15, -0.1) is 0 Å². The first kappa shape index (κ1) is 90.1. The van der Waals surface area contributed by atoms with E-state index in [0.29, 0.717) is 0 Å². The van der Waals surface area contributed by atoms with Gasteiger partial charge in [-0.2, -0.15) is 0 Å². The van der Waals surface area contributed by atoms with Gasteiger partial charge in [-0.1, -0.05) is 398 Å². The highest BCUT2D eigenvalue weighted by molar-refractivity contribution is 5.26. The number of likely N-dealkylation sites (N-methyl/N-ethyl adjacent to an activating group) is 2. The summed E-state index contributed by atoms with van der Waals surface area (Å²) in [7, 11) is 6.57. The standard InChI is InChI=1S/C17H32.C12H24.3C10H20.C10H14.C9H19N.C6H14N2.C6H14/c1-3-14-5-9-16(10-6-14)13-17-11-7-15(4-2)8-12-17;1-3-5-11-7-9-12(6-4-2)10-8-11;2*1-3-9-5-7-10(4-2)8-6-9;2*1-3-9-7-5-6-8-10(9)4-2;1-3-4-9-5-7-10(2)8-6-9;1-7-3-5-8(2)6-4-7;1-3-5-6-4-2/h14-17H,3-13H2,1-2H3;11-12H,3-10H2,1-2H3;3*9-10H,3-8H2,1-2H3;5-8H,3-4H2,1-2H3;9H,3-8H2,1-2H3;3-6H2,1-2H3;3-6H2,1-2H3. The minimum atomic E-state index is 1.04. The Labute approximate surface area is 589 Å². The molecule has 2 saturated heterocycles. The third-order valence-electron chi connectivity index (χ3n) is 25.6. The van der Waals surface area contributed by atoms with E-state index in [0.717, 1.165) is 89.8 Å². The van der Waals surface area contributed by atoms with Gasteiger partial charge in [0.1, 0.15) is 0 Å². The lowest BCUT2D eigenvalue weighted by molar-refractivity contribution is 0.181. The van der Waals surface area contributed by atoms with Gasteiger partial charge < -0.3 is 14.7 Å². The highest BCUT2D eigenvalue weighted by Crippen LogP contribution is 2.40. The second-order valence-corrected chi connectivity index (χ2v) is 32.6. The molecule has 552 valence electrons. The summed E-state index contributed by atoms with van der Waals surface area (Å²) >= 11 is 0. The Hall–Kier alpha value is -0.900. The number of unbranched alkanes of at least 4 members (excludes halogenated alkanes) is 3. The van der Waals surface area contributed by atoms with Crippen molar-refractivity contribution in [3.05, 3.63) is 35.4 Å². The lowest BCUT2D eigenvalue weighted by atomic mass is 9.72. The summed E-state index contributed by atoms with van der Waals surface area (Å²) in [5, 5.41) is 0. The van der Waals surface area contributed by atoms with Crippen molar-refractivity contribution < 1.29 is 0 Å². The molecule has 8 fully saturated rings. The maximum Gasteiger partial charge on any atom is 0.0107 e. The Kier molecular flexibility index (Phi) is 59.1. The van der Waals surface area contributed by atoms with Crippen LogP contribution in [0.15, 0.2) is 24.3 Å². The molecule has 8 aliphatic rings. The quantitative estimate of drug-likeness (QED) is 0.114. The molecular weight excluding hydrogens is 1120 g/mol. The Balaban J connectivity index is 0.000000530. The van der Waals surface area contributed by atoms with E-state index in [4.69, 9.17) is 0 Å². The fourth-order valence-corrected chi connectivity index (χ4v) is 17.7. The van der Waals surface area contributed by atoms with Crippen LogP contribution in [-0.4, -0.2) is 75.1 Å². The average molecular weight is 1300 g/mol. The SMILES string of the molecule is CCC1CCC(CC)CC1.CCC1CCC(CC)CC1.CCC1CCC(CC2CCC(CC)CC2)CC1.CCC1CCCCC1CC.CCCC1CCC(CCC)CC1.CCCC1CCN(C)CC1.CCCCCC.CCc1ccccc1CC.CN1CCN(C)CC1. The molecule has 2 unspecified atom stereocenters. The van der Waals surface area contributed by atoms with Crippen molar-refractivity contribution in [1.29, 1.82) is 0 Å². The zero-order valence-corrected chi connectivity index (χ0v) is 67.6. The summed E-state index contributed by atoms with van der Waals surface area (Å²) in [6.07, 6.45) is 68.7. The molecule has 6 saturated carbocycles. The fourth-order valence-electron chi connectivity index (χ4n) is 17.7. The minimum absolute atomic E-state index is 1.04. The third kappa shape index (κ3) is 44.8. The highest BCUT2D eigenvalue weighted by Gasteiger charge is 2.27. The molecule has 0 N–H and O–H groups in total. The molecule has 0 amide bonds. The molecule has 0 spiro atoms. The molecule has 0 aromatic heterocycles. The summed E-state index contributed by atoms with van der Waals surface area (Å²) in [4.78, 5) is 7.16. The lowest BCUT2D eigenvalue weighted by Crippen LogP contribution is -2.42. The summed E-state index contributed by atoms with van der Waals surface area (Å²) in [5.41, 5.74) is 2.98. The highest BCUT2D eigenvalue weighted by atomic mass is 15.2. The molecule has 1 aromatic carbocycles. The normalized spacial score (nSPS) is 28.5. The van der Waals surface area contributed by atoms with Crippen molar-refractivity contribution in [1.82, 2.24) is 14.7 Å². The van der Waals surface area contributed by atoms with Gasteiger partial charge in [-0.3, -0.25) is 0 Å². The first-order valence-electron chi connectivity index (χ1n) is 43.3. The maximum absolute atomic E-state index is 2.44. The van der Waals surface area contributed by atoms with E-state index >= 15 is 0 Å². The van der Waals surface area contributed by atoms with E-state index in [1.165, 1.54) is 307 Å². The van der Waals surface area contributed by atoms with Gasteiger partial charge in [0, 0.05) is 26.2 Å². The van der Waals surface area contributed by atoms with E-state index in [9.17, 15) is 0 Å². The van der Waals surface area contributed by atoms with E-state index in [-0.39, 0.29) is 0 Å². The number of piperidine rings is 1. The average Bonchev–Trinajstić information content (AvgIpc) is 3.79. The number of rotatable bonds is 21. The Morgan fingerprint density at radius 2 is 0.495 bits per heavy atom. The molecule has 9 rings (SSSR count). The molecule has 1 aromatic rings. The zero-order valence-electron chi connectivity index (χ0n) is 67.6. The van der Waals surface area contributed by atoms with Crippen molar-refractivity contribution in [3.63, 3.8) is 0 Å². The van der Waals surface area contributed by atoms with Gasteiger partial charge in [0.25, 0.3) is 0 Å². The summed E-state index contributed by atoms with van der Waals surface area (Å²) in [5.74, 6) is 14.0. The van der Waals surface area contributed by atoms with Gasteiger partial charge in [-0.05, 0) is 154 Å². The van der Waals surface area contributed by atoms with E-state index in [1.807, 2.05) is 0 Å². The van der Waals surface area contributed by atoms with Crippen LogP contribution in [-0.2, 0) is 12.8 Å². The fraction of sp³-hybridized carbons (Fsp3) is 0.933. The molecule has 2 atom stereocenters. The number of benzene rings is 1. The number of piperazine rings is 1. The van der Waals surface area contributed by atoms with Crippen LogP contribution in [0.2, 0.25) is 0 Å². The van der Waals surface area contributed by atoms with E-state index in [1.54, 1.807) is 32.1 Å². The maximum atomic E-state index is 2.44. The molecule has 0 bridgehead atoms. The summed E-state index contributed by atoms with van der Waals surface area (Å²) < 4.78 is 0. The first-order chi connectivity index (χ1) is 45.2. The van der Waals surface area contributed by atoms with Crippen molar-refractivity contribution in [2.24, 2.45) is 76.9 Å². The van der Waals surface area contributed by atoms with Gasteiger partial charge in [0.2, 0.25) is 0 Å². The van der Waals surface area contributed by atoms with Gasteiger partial charge in [0.15, 0.2) is 0 Å². The smallest absolute Gasteiger partial charge is 0.0107 e. The molecule has 0 radical (unpaired) electrons. The summed E-state index contributed by atoms with van der Waals surface area (Å²) in [6, 6.07) is 8.63. The largest absolute Gasteiger partial charge is 0.306 e. The van der Waals surface area contributed by atoms with Crippen LogP contribution in [0.1, 0.15) is 404 Å². The minimum Gasteiger partial charge on any atom is -0.306 e. The van der Waals surface area contributed by atoms with Crippen molar-refractivity contribution in [2.45, 2.75) is 406 Å². The van der Waals surface area contributed by atoms with Gasteiger partial charge in [-0.25, -0.2) is 0 Å². The van der Waals surface area contributed by atoms with Crippen molar-refractivity contribution in [2.75, 3.05) is 60.4 Å². The number of hydrogen-bond donors (Lipinski definition) is 0. The third-order valence-corrected chi connectivity index (χ3v) is 25.6. The number of nitrogens with zero attached hydrogens (tertiary/aromatic N) is 3. The van der Waals surface area contributed by atoms with Gasteiger partial charge in [0.05, 0.1) is 0 Å². The van der Waals surface area contributed by atoms with Crippen LogP contribution in [0.3, 0.4) is 0 Å². The van der Waals surface area contributed by atoms with Crippen molar-refractivity contribution in [3.8, 4) is 0 Å². The van der Waals surface area contributed by atoms with Gasteiger partial charge >= 0.3 is 0 Å². The summed E-state index contributed by atoms with van der Waals surface area (Å²) in [6.45, 7) is 42.1. The molecule has 2 aliphatic heterocycles. The Bertz CT molecular complexity index is 1520. The van der Waals surface area contributed by atoms with E-state index < -0.39 is 0 Å². The number of likely N-dealkylation sites (tertiary alicyclic amines) is 1. The zero-order chi connectivity index (χ0) is 68.7. The van der Waals surface area contributed by atoms with Crippen LogP contribution in [0.5, 0.6) is 0 Å². The molecule has 2 heterocycles. The topological polar surface area (TPSA) is 9.72 Å². The Morgan fingerprint density at radius 1 is 0.258 bits per heavy atom. The second-order valence-electron chi connectivity index (χ2n) is 32.6. The molecular formula is C90H177N3. The molecule has 93 heavy (non-hydrogen) atoms. The second kappa shape index (κ2) is 61.0. The van der Waals surface area contributed by atoms with Crippen LogP contribution in [0, 0.1) is 76.9 Å². The van der Waals surface area contributed by atoms with Crippen LogP contribution < -0.4 is 0 Å². The van der Waals surface area contributed by atoms with Crippen LogP contribution in [0.25, 0.3) is 0 Å². The number of hydrogen-bond acceptors (Lipinski definition) is 3. The molecule has 3 heteroatoms. The van der Waals surface area contributed by atoms with Crippen LogP contribution in [0.4, 0.5) is 0 Å². The lowest BCUT2D eigenvalue weighted by Gasteiger charge is -2.33. The monoisotopic (exact) mass is 1300 g/mol. The Morgan fingerprint density at radius 3 is 0.720 bits per heavy atom. The molecule has 3 nitrogen and oxygen atoms in total. The molecule has 6 aliphatic carbocycles. The van der Waals surface area contributed by atoms with Crippen LogP contribution >= 0.6 is 0 Å². The number of aryl methyl sites for hydroxylation is 2. The van der Waals surface area contributed by atoms with E-state index in [2.05, 4.69) is 164 Å². The predicted molar refractivity (Wildman–Crippen MR) is 425 cm³/mol. The van der Waals surface area contributed by atoms with Crippen molar-refractivity contribution >= 4 is 0 Å². The first-order valence-corrected chi connectivity index (χ1v) is 43.3.